The van der Waals surface area contributed by atoms with Gasteiger partial charge in [0.1, 0.15) is 5.69 Å². The highest BCUT2D eigenvalue weighted by Crippen LogP contribution is 2.26. The van der Waals surface area contributed by atoms with Crippen molar-refractivity contribution in [1.82, 2.24) is 9.47 Å². The highest BCUT2D eigenvalue weighted by atomic mass is 16.3. The summed E-state index contributed by atoms with van der Waals surface area (Å²) in [7, 11) is 1.76. The molecule has 1 aliphatic carbocycles. The van der Waals surface area contributed by atoms with E-state index in [2.05, 4.69) is 0 Å². The van der Waals surface area contributed by atoms with Crippen LogP contribution in [0.4, 0.5) is 0 Å². The minimum Gasteiger partial charge on any atom is -0.395 e. The lowest BCUT2D eigenvalue weighted by atomic mass is 9.91. The van der Waals surface area contributed by atoms with Gasteiger partial charge in [0, 0.05) is 31.4 Å². The second-order valence-corrected chi connectivity index (χ2v) is 5.09. The van der Waals surface area contributed by atoms with Crippen molar-refractivity contribution in [3.63, 3.8) is 0 Å². The van der Waals surface area contributed by atoms with Crippen molar-refractivity contribution in [3.05, 3.63) is 23.5 Å². The van der Waals surface area contributed by atoms with Gasteiger partial charge in [-0.15, -0.1) is 0 Å². The predicted octanol–water partition coefficient (Wildman–Crippen LogP) is 1.21. The second kappa shape index (κ2) is 5.57. The number of carbonyl (C=O) groups is 2. The van der Waals surface area contributed by atoms with Crippen LogP contribution in [-0.2, 0) is 7.05 Å². The minimum atomic E-state index is -0.103. The number of aryl methyl sites for hydroxylation is 1. The molecular formula is C14H20N2O3. The van der Waals surface area contributed by atoms with Crippen molar-refractivity contribution in [2.75, 3.05) is 13.2 Å². The van der Waals surface area contributed by atoms with E-state index in [4.69, 9.17) is 5.11 Å². The SMILES string of the molecule is CC(=O)c1cc(C(=O)N(CCO)C2CCC2)n(C)c1. The maximum absolute atomic E-state index is 12.5. The fraction of sp³-hybridized carbons (Fsp3) is 0.571. The number of amides is 1. The lowest BCUT2D eigenvalue weighted by molar-refractivity contribution is 0.0516. The molecule has 0 unspecified atom stereocenters. The maximum Gasteiger partial charge on any atom is 0.270 e. The van der Waals surface area contributed by atoms with Crippen LogP contribution in [0.3, 0.4) is 0 Å². The van der Waals surface area contributed by atoms with Gasteiger partial charge in [0.05, 0.1) is 6.61 Å². The zero-order chi connectivity index (χ0) is 14.0. The van der Waals surface area contributed by atoms with Crippen molar-refractivity contribution in [2.24, 2.45) is 7.05 Å². The van der Waals surface area contributed by atoms with Gasteiger partial charge in [0.2, 0.25) is 0 Å². The Morgan fingerprint density at radius 3 is 2.58 bits per heavy atom. The van der Waals surface area contributed by atoms with Crippen molar-refractivity contribution < 1.29 is 14.7 Å². The molecule has 1 fully saturated rings. The Labute approximate surface area is 112 Å². The summed E-state index contributed by atoms with van der Waals surface area (Å²) < 4.78 is 1.68. The van der Waals surface area contributed by atoms with E-state index >= 15 is 0 Å². The molecule has 1 aliphatic rings. The first-order valence-corrected chi connectivity index (χ1v) is 6.63. The fourth-order valence-corrected chi connectivity index (χ4v) is 2.37. The number of rotatable bonds is 5. The van der Waals surface area contributed by atoms with Crippen molar-refractivity contribution in [1.29, 1.82) is 0 Å². The second-order valence-electron chi connectivity index (χ2n) is 5.09. The van der Waals surface area contributed by atoms with Crippen LogP contribution >= 0.6 is 0 Å². The Kier molecular flexibility index (Phi) is 4.04. The van der Waals surface area contributed by atoms with E-state index in [0.29, 0.717) is 17.8 Å². The molecule has 1 N–H and O–H groups in total. The lowest BCUT2D eigenvalue weighted by Crippen LogP contribution is -2.46. The number of carbonyl (C=O) groups excluding carboxylic acids is 2. The molecule has 1 heterocycles. The third-order valence-electron chi connectivity index (χ3n) is 3.75. The highest BCUT2D eigenvalue weighted by molar-refractivity contribution is 5.99. The van der Waals surface area contributed by atoms with Gasteiger partial charge in [0.25, 0.3) is 5.91 Å². The standard InChI is InChI=1S/C14H20N2O3/c1-10(18)11-8-13(15(2)9-11)14(19)16(6-7-17)12-4-3-5-12/h8-9,12,17H,3-7H2,1-2H3. The summed E-state index contributed by atoms with van der Waals surface area (Å²) in [6, 6.07) is 1.86. The number of aliphatic hydroxyl groups is 1. The number of hydrogen-bond acceptors (Lipinski definition) is 3. The number of aromatic nitrogens is 1. The van der Waals surface area contributed by atoms with Gasteiger partial charge in [0.15, 0.2) is 5.78 Å². The van der Waals surface area contributed by atoms with Gasteiger partial charge >= 0.3 is 0 Å². The monoisotopic (exact) mass is 264 g/mol. The van der Waals surface area contributed by atoms with Gasteiger partial charge in [-0.25, -0.2) is 0 Å². The summed E-state index contributed by atoms with van der Waals surface area (Å²) in [5, 5.41) is 9.11. The van der Waals surface area contributed by atoms with Gasteiger partial charge in [-0.1, -0.05) is 0 Å². The summed E-state index contributed by atoms with van der Waals surface area (Å²) in [6.45, 7) is 1.80. The topological polar surface area (TPSA) is 62.5 Å². The quantitative estimate of drug-likeness (QED) is 0.813. The molecular weight excluding hydrogens is 244 g/mol. The number of ketones is 1. The maximum atomic E-state index is 12.5. The van der Waals surface area contributed by atoms with E-state index in [1.54, 1.807) is 28.8 Å². The average Bonchev–Trinajstić information content (AvgIpc) is 2.68. The van der Waals surface area contributed by atoms with Gasteiger partial charge in [-0.2, -0.15) is 0 Å². The number of aliphatic hydroxyl groups excluding tert-OH is 1. The van der Waals surface area contributed by atoms with E-state index in [9.17, 15) is 9.59 Å². The van der Waals surface area contributed by atoms with E-state index in [1.165, 1.54) is 6.92 Å². The first-order chi connectivity index (χ1) is 9.04. The normalized spacial score (nSPS) is 15.1. The number of hydrogen-bond donors (Lipinski definition) is 1. The van der Waals surface area contributed by atoms with Crippen LogP contribution in [0.1, 0.15) is 47.0 Å². The van der Waals surface area contributed by atoms with Crippen LogP contribution in [-0.4, -0.2) is 45.5 Å². The molecule has 5 heteroatoms. The van der Waals surface area contributed by atoms with E-state index in [1.807, 2.05) is 0 Å². The number of Topliss-reactive ketones (excluding diaryl/α,β-unsaturated/α-hetero) is 1. The van der Waals surface area contributed by atoms with Crippen molar-refractivity contribution in [2.45, 2.75) is 32.2 Å². The minimum absolute atomic E-state index is 0.0355. The van der Waals surface area contributed by atoms with Crippen LogP contribution < -0.4 is 0 Å². The smallest absolute Gasteiger partial charge is 0.270 e. The number of nitrogens with zero attached hydrogens (tertiary/aromatic N) is 2. The average molecular weight is 264 g/mol. The van der Waals surface area contributed by atoms with Crippen LogP contribution in [0, 0.1) is 0 Å². The van der Waals surface area contributed by atoms with Gasteiger partial charge in [-0.05, 0) is 32.3 Å². The van der Waals surface area contributed by atoms with Gasteiger partial charge < -0.3 is 14.6 Å². The molecule has 1 aromatic rings. The largest absolute Gasteiger partial charge is 0.395 e. The lowest BCUT2D eigenvalue weighted by Gasteiger charge is -2.37. The molecule has 1 aromatic heterocycles. The first kappa shape index (κ1) is 13.8. The zero-order valence-electron chi connectivity index (χ0n) is 11.4. The van der Waals surface area contributed by atoms with Crippen LogP contribution in [0.2, 0.25) is 0 Å². The van der Waals surface area contributed by atoms with Crippen LogP contribution in [0.15, 0.2) is 12.3 Å². The highest BCUT2D eigenvalue weighted by Gasteiger charge is 2.30. The van der Waals surface area contributed by atoms with Gasteiger partial charge in [-0.3, -0.25) is 9.59 Å². The third kappa shape index (κ3) is 2.71. The molecule has 104 valence electrons. The molecule has 2 rings (SSSR count). The van der Waals surface area contributed by atoms with Crippen LogP contribution in [0.25, 0.3) is 0 Å². The Hall–Kier alpha value is -1.62. The molecule has 19 heavy (non-hydrogen) atoms. The molecule has 0 radical (unpaired) electrons. The predicted molar refractivity (Wildman–Crippen MR) is 71.2 cm³/mol. The zero-order valence-corrected chi connectivity index (χ0v) is 11.4. The van der Waals surface area contributed by atoms with Crippen LogP contribution in [0.5, 0.6) is 0 Å². The summed E-state index contributed by atoms with van der Waals surface area (Å²) in [4.78, 5) is 25.6. The molecule has 0 atom stereocenters. The summed E-state index contributed by atoms with van der Waals surface area (Å²) >= 11 is 0. The molecule has 0 bridgehead atoms. The Morgan fingerprint density at radius 1 is 1.47 bits per heavy atom. The summed E-state index contributed by atoms with van der Waals surface area (Å²) in [5.41, 5.74) is 1.05. The molecule has 1 saturated carbocycles. The van der Waals surface area contributed by atoms with E-state index < -0.39 is 0 Å². The fourth-order valence-electron chi connectivity index (χ4n) is 2.37. The Bertz CT molecular complexity index is 489. The molecule has 0 spiro atoms. The molecule has 5 nitrogen and oxygen atoms in total. The van der Waals surface area contributed by atoms with Crippen molar-refractivity contribution in [3.8, 4) is 0 Å². The first-order valence-electron chi connectivity index (χ1n) is 6.63. The van der Waals surface area contributed by atoms with Crippen molar-refractivity contribution >= 4 is 11.7 Å². The summed E-state index contributed by atoms with van der Waals surface area (Å²) in [5.74, 6) is -0.152. The third-order valence-corrected chi connectivity index (χ3v) is 3.75. The van der Waals surface area contributed by atoms with E-state index in [-0.39, 0.29) is 24.3 Å². The molecule has 1 amide bonds. The molecule has 0 aliphatic heterocycles. The Morgan fingerprint density at radius 2 is 2.16 bits per heavy atom. The summed E-state index contributed by atoms with van der Waals surface area (Å²) in [6.07, 6.45) is 4.80. The molecule has 0 aromatic carbocycles. The van der Waals surface area contributed by atoms with E-state index in [0.717, 1.165) is 19.3 Å². The molecule has 0 saturated heterocycles. The Balaban J connectivity index is 2.23.